The first kappa shape index (κ1) is 28.4. The molecule has 0 heterocycles. The van der Waals surface area contributed by atoms with Crippen LogP contribution in [0.25, 0.3) is 0 Å². The zero-order valence-corrected chi connectivity index (χ0v) is 20.4. The fourth-order valence-corrected chi connectivity index (χ4v) is 3.64. The molecule has 0 saturated carbocycles. The van der Waals surface area contributed by atoms with E-state index in [0.717, 1.165) is 25.7 Å². The molecule has 36 heavy (non-hydrogen) atoms. The number of benzene rings is 2. The first-order chi connectivity index (χ1) is 17.3. The first-order valence-electron chi connectivity index (χ1n) is 12.2. The van der Waals surface area contributed by atoms with E-state index in [9.17, 15) is 29.8 Å². The van der Waals surface area contributed by atoms with Crippen molar-refractivity contribution in [3.05, 3.63) is 68.8 Å². The van der Waals surface area contributed by atoms with Gasteiger partial charge in [-0.05, 0) is 30.7 Å². The number of ether oxygens (including phenoxy) is 2. The minimum atomic E-state index is -1.21. The molecule has 0 saturated heterocycles. The number of nitro benzene ring substituents is 2. The second kappa shape index (κ2) is 15.2. The molecule has 10 nitrogen and oxygen atoms in total. The van der Waals surface area contributed by atoms with Crippen molar-refractivity contribution >= 4 is 23.3 Å². The van der Waals surface area contributed by atoms with Gasteiger partial charge in [-0.3, -0.25) is 29.8 Å². The van der Waals surface area contributed by atoms with Crippen molar-refractivity contribution in [3.63, 3.8) is 0 Å². The molecule has 0 aliphatic rings. The number of non-ortho nitro benzene ring substituents is 2. The maximum absolute atomic E-state index is 12.8. The molecule has 2 aromatic carbocycles. The van der Waals surface area contributed by atoms with Crippen LogP contribution in [0.5, 0.6) is 11.5 Å². The van der Waals surface area contributed by atoms with Crippen LogP contribution in [0.15, 0.2) is 48.5 Å². The first-order valence-corrected chi connectivity index (χ1v) is 12.2. The lowest BCUT2D eigenvalue weighted by Gasteiger charge is -2.15. The van der Waals surface area contributed by atoms with Crippen molar-refractivity contribution in [2.45, 2.75) is 71.1 Å². The Morgan fingerprint density at radius 1 is 0.667 bits per heavy atom. The minimum absolute atomic E-state index is 0.0748. The zero-order chi connectivity index (χ0) is 26.3. The van der Waals surface area contributed by atoms with Gasteiger partial charge in [-0.2, -0.15) is 0 Å². The largest absolute Gasteiger partial charge is 0.426 e. The number of rotatable bonds is 16. The number of unbranched alkanes of at least 4 members (excludes halogenated alkanes) is 8. The van der Waals surface area contributed by atoms with Crippen LogP contribution in [0.3, 0.4) is 0 Å². The molecule has 0 N–H and O–H groups in total. The molecule has 0 unspecified atom stereocenters. The Balaban J connectivity index is 1.98. The van der Waals surface area contributed by atoms with Crippen LogP contribution in [0.2, 0.25) is 0 Å². The van der Waals surface area contributed by atoms with E-state index in [1.54, 1.807) is 0 Å². The molecular formula is C26H32N2O8. The lowest BCUT2D eigenvalue weighted by atomic mass is 10.00. The molecule has 0 fully saturated rings. The molecule has 0 aliphatic heterocycles. The highest BCUT2D eigenvalue weighted by atomic mass is 16.6. The number of esters is 2. The molecule has 0 radical (unpaired) electrons. The summed E-state index contributed by atoms with van der Waals surface area (Å²) in [5, 5.41) is 21.6. The molecule has 0 atom stereocenters. The fourth-order valence-electron chi connectivity index (χ4n) is 3.64. The standard InChI is InChI=1S/C26H32N2O8/c1-2-3-4-5-6-7-8-9-10-11-24(25(29)35-22-16-12-20(13-17-22)27(31)32)26(30)36-23-18-14-21(15-19-23)28(33)34/h12-19,24H,2-11H2,1H3. The summed E-state index contributed by atoms with van der Waals surface area (Å²) in [6, 6.07) is 9.95. The average Bonchev–Trinajstić information content (AvgIpc) is 2.85. The van der Waals surface area contributed by atoms with Gasteiger partial charge in [0.05, 0.1) is 9.85 Å². The van der Waals surface area contributed by atoms with Gasteiger partial charge in [-0.25, -0.2) is 0 Å². The van der Waals surface area contributed by atoms with E-state index in [1.807, 2.05) is 0 Å². The van der Waals surface area contributed by atoms with Crippen molar-refractivity contribution in [3.8, 4) is 11.5 Å². The number of nitro groups is 2. The third kappa shape index (κ3) is 9.81. The van der Waals surface area contributed by atoms with Gasteiger partial charge >= 0.3 is 11.9 Å². The Labute approximate surface area is 209 Å². The summed E-state index contributed by atoms with van der Waals surface area (Å²) < 4.78 is 10.6. The summed E-state index contributed by atoms with van der Waals surface area (Å²) in [4.78, 5) is 46.2. The topological polar surface area (TPSA) is 139 Å². The molecule has 0 spiro atoms. The molecule has 0 bridgehead atoms. The highest BCUT2D eigenvalue weighted by Crippen LogP contribution is 2.23. The fraction of sp³-hybridized carbons (Fsp3) is 0.462. The van der Waals surface area contributed by atoms with E-state index in [4.69, 9.17) is 9.47 Å². The quantitative estimate of drug-likeness (QED) is 0.0631. The monoisotopic (exact) mass is 500 g/mol. The molecule has 2 rings (SSSR count). The Hall–Kier alpha value is -3.82. The van der Waals surface area contributed by atoms with Crippen LogP contribution in [0, 0.1) is 26.1 Å². The number of carbonyl (C=O) groups excluding carboxylic acids is 2. The third-order valence-corrected chi connectivity index (χ3v) is 5.70. The molecule has 0 amide bonds. The summed E-state index contributed by atoms with van der Waals surface area (Å²) in [5.74, 6) is -2.71. The van der Waals surface area contributed by atoms with Gasteiger partial charge < -0.3 is 9.47 Å². The van der Waals surface area contributed by atoms with Gasteiger partial charge in [0.25, 0.3) is 11.4 Å². The zero-order valence-electron chi connectivity index (χ0n) is 20.4. The van der Waals surface area contributed by atoms with Gasteiger partial charge in [0.2, 0.25) is 0 Å². The Bertz CT molecular complexity index is 934. The van der Waals surface area contributed by atoms with Gasteiger partial charge in [0.15, 0.2) is 5.92 Å². The summed E-state index contributed by atoms with van der Waals surface area (Å²) in [6.45, 7) is 2.18. The predicted molar refractivity (Wildman–Crippen MR) is 133 cm³/mol. The van der Waals surface area contributed by atoms with E-state index in [2.05, 4.69) is 6.92 Å². The summed E-state index contributed by atoms with van der Waals surface area (Å²) in [6.07, 6.45) is 9.82. The number of hydrogen-bond acceptors (Lipinski definition) is 8. The molecule has 2 aromatic rings. The van der Waals surface area contributed by atoms with Crippen molar-refractivity contribution in [2.75, 3.05) is 0 Å². The normalized spacial score (nSPS) is 10.7. The molecule has 0 aromatic heterocycles. The Morgan fingerprint density at radius 3 is 1.39 bits per heavy atom. The Kier molecular flexibility index (Phi) is 12.0. The van der Waals surface area contributed by atoms with E-state index < -0.39 is 27.7 Å². The van der Waals surface area contributed by atoms with E-state index >= 15 is 0 Å². The van der Waals surface area contributed by atoms with Crippen LogP contribution in [-0.2, 0) is 9.59 Å². The second-order valence-corrected chi connectivity index (χ2v) is 8.51. The number of carbonyl (C=O) groups is 2. The van der Waals surface area contributed by atoms with Gasteiger partial charge in [-0.15, -0.1) is 0 Å². The lowest BCUT2D eigenvalue weighted by molar-refractivity contribution is -0.385. The summed E-state index contributed by atoms with van der Waals surface area (Å²) in [5.41, 5.74) is -0.308. The van der Waals surface area contributed by atoms with E-state index in [0.29, 0.717) is 6.42 Å². The van der Waals surface area contributed by atoms with Crippen LogP contribution < -0.4 is 9.47 Å². The number of hydrogen-bond donors (Lipinski definition) is 0. The highest BCUT2D eigenvalue weighted by Gasteiger charge is 2.30. The van der Waals surface area contributed by atoms with Crippen LogP contribution >= 0.6 is 0 Å². The predicted octanol–water partition coefficient (Wildman–Crippen LogP) is 6.55. The van der Waals surface area contributed by atoms with Gasteiger partial charge in [-0.1, -0.05) is 64.7 Å². The summed E-state index contributed by atoms with van der Waals surface area (Å²) >= 11 is 0. The van der Waals surface area contributed by atoms with Crippen LogP contribution in [0.1, 0.15) is 71.1 Å². The van der Waals surface area contributed by atoms with Crippen molar-refractivity contribution in [1.29, 1.82) is 0 Å². The van der Waals surface area contributed by atoms with E-state index in [-0.39, 0.29) is 29.3 Å². The third-order valence-electron chi connectivity index (χ3n) is 5.70. The van der Waals surface area contributed by atoms with Crippen LogP contribution in [0.4, 0.5) is 11.4 Å². The molecular weight excluding hydrogens is 468 g/mol. The van der Waals surface area contributed by atoms with E-state index in [1.165, 1.54) is 74.2 Å². The smallest absolute Gasteiger partial charge is 0.325 e. The molecule has 10 heteroatoms. The maximum Gasteiger partial charge on any atom is 0.325 e. The van der Waals surface area contributed by atoms with Gasteiger partial charge in [0, 0.05) is 24.3 Å². The van der Waals surface area contributed by atoms with Crippen LogP contribution in [-0.4, -0.2) is 21.8 Å². The second-order valence-electron chi connectivity index (χ2n) is 8.51. The summed E-state index contributed by atoms with van der Waals surface area (Å²) in [7, 11) is 0. The molecule has 194 valence electrons. The minimum Gasteiger partial charge on any atom is -0.426 e. The van der Waals surface area contributed by atoms with Crippen molar-refractivity contribution in [2.24, 2.45) is 5.92 Å². The lowest BCUT2D eigenvalue weighted by Crippen LogP contribution is -2.31. The Morgan fingerprint density at radius 2 is 1.03 bits per heavy atom. The van der Waals surface area contributed by atoms with Crippen molar-refractivity contribution in [1.82, 2.24) is 0 Å². The molecule has 0 aliphatic carbocycles. The van der Waals surface area contributed by atoms with Crippen molar-refractivity contribution < 1.29 is 28.9 Å². The average molecular weight is 501 g/mol. The SMILES string of the molecule is CCCCCCCCCCCC(C(=O)Oc1ccc([N+](=O)[O-])cc1)C(=O)Oc1ccc([N+](=O)[O-])cc1. The highest BCUT2D eigenvalue weighted by molar-refractivity contribution is 5.96. The number of nitrogens with zero attached hydrogens (tertiary/aromatic N) is 2. The maximum atomic E-state index is 12.8. The van der Waals surface area contributed by atoms with Gasteiger partial charge in [0.1, 0.15) is 11.5 Å².